The third-order valence-electron chi connectivity index (χ3n) is 6.82. The van der Waals surface area contributed by atoms with Crippen LogP contribution in [0.1, 0.15) is 38.5 Å². The predicted molar refractivity (Wildman–Crippen MR) is 110 cm³/mol. The first-order chi connectivity index (χ1) is 13.7. The van der Waals surface area contributed by atoms with Gasteiger partial charge in [-0.15, -0.1) is 0 Å². The molecule has 3 unspecified atom stereocenters. The Hall–Kier alpha value is -2.08. The van der Waals surface area contributed by atoms with E-state index in [4.69, 9.17) is 0 Å². The van der Waals surface area contributed by atoms with Crippen LogP contribution in [0.2, 0.25) is 0 Å². The van der Waals surface area contributed by atoms with Crippen molar-refractivity contribution in [2.24, 2.45) is 17.8 Å². The topological polar surface area (TPSA) is 64.7 Å². The van der Waals surface area contributed by atoms with Gasteiger partial charge in [0.05, 0.1) is 0 Å². The highest BCUT2D eigenvalue weighted by atomic mass is 16.2. The van der Waals surface area contributed by atoms with E-state index >= 15 is 0 Å². The molecule has 2 N–H and O–H groups in total. The molecule has 3 fully saturated rings. The number of carbonyl (C=O) groups is 2. The van der Waals surface area contributed by atoms with Gasteiger partial charge >= 0.3 is 0 Å². The Labute approximate surface area is 167 Å². The Morgan fingerprint density at radius 3 is 2.36 bits per heavy atom. The Kier molecular flexibility index (Phi) is 6.15. The highest BCUT2D eigenvalue weighted by Gasteiger charge is 2.40. The van der Waals surface area contributed by atoms with Gasteiger partial charge in [-0.1, -0.05) is 24.6 Å². The molecule has 6 nitrogen and oxygen atoms in total. The number of amides is 2. The number of nitrogens with zero attached hydrogens (tertiary/aromatic N) is 2. The molecule has 1 heterocycles. The van der Waals surface area contributed by atoms with Crippen molar-refractivity contribution in [2.45, 2.75) is 38.5 Å². The van der Waals surface area contributed by atoms with Crippen LogP contribution >= 0.6 is 0 Å². The van der Waals surface area contributed by atoms with Crippen LogP contribution in [0.5, 0.6) is 0 Å². The summed E-state index contributed by atoms with van der Waals surface area (Å²) in [4.78, 5) is 28.9. The molecular weight excluding hydrogens is 352 g/mol. The number of carbonyl (C=O) groups excluding carboxylic acids is 2. The molecule has 28 heavy (non-hydrogen) atoms. The van der Waals surface area contributed by atoms with E-state index in [2.05, 4.69) is 44.9 Å². The molecule has 1 aromatic carbocycles. The molecule has 2 saturated carbocycles. The van der Waals surface area contributed by atoms with Gasteiger partial charge in [0, 0.05) is 51.3 Å². The SMILES string of the molecule is O=C(CCN1CCN(c2ccccc2)CC1)NNC(=O)CC1CC2CCC1C2. The van der Waals surface area contributed by atoms with Gasteiger partial charge < -0.3 is 4.90 Å². The number of piperazine rings is 1. The van der Waals surface area contributed by atoms with Crippen LogP contribution in [0.4, 0.5) is 5.69 Å². The van der Waals surface area contributed by atoms with Crippen molar-refractivity contribution >= 4 is 17.5 Å². The van der Waals surface area contributed by atoms with E-state index in [0.29, 0.717) is 18.8 Å². The van der Waals surface area contributed by atoms with Crippen LogP contribution in [0.3, 0.4) is 0 Å². The molecule has 3 aliphatic rings. The van der Waals surface area contributed by atoms with Gasteiger partial charge in [-0.3, -0.25) is 25.3 Å². The molecule has 1 aromatic rings. The van der Waals surface area contributed by atoms with Gasteiger partial charge in [0.15, 0.2) is 0 Å². The Morgan fingerprint density at radius 2 is 1.68 bits per heavy atom. The van der Waals surface area contributed by atoms with E-state index in [1.54, 1.807) is 0 Å². The minimum absolute atomic E-state index is 0.0395. The molecule has 0 spiro atoms. The van der Waals surface area contributed by atoms with Crippen LogP contribution in [-0.4, -0.2) is 49.4 Å². The third-order valence-corrected chi connectivity index (χ3v) is 6.82. The molecule has 1 aliphatic heterocycles. The van der Waals surface area contributed by atoms with Crippen molar-refractivity contribution in [2.75, 3.05) is 37.6 Å². The largest absolute Gasteiger partial charge is 0.369 e. The van der Waals surface area contributed by atoms with Crippen molar-refractivity contribution in [3.63, 3.8) is 0 Å². The zero-order valence-electron chi connectivity index (χ0n) is 16.6. The number of para-hydroxylation sites is 1. The normalized spacial score (nSPS) is 27.0. The number of fused-ring (bicyclic) bond motifs is 2. The number of anilines is 1. The summed E-state index contributed by atoms with van der Waals surface area (Å²) in [6.07, 6.45) is 6.11. The van der Waals surface area contributed by atoms with Crippen molar-refractivity contribution in [3.05, 3.63) is 30.3 Å². The van der Waals surface area contributed by atoms with Gasteiger partial charge in [-0.05, 0) is 49.1 Å². The monoisotopic (exact) mass is 384 g/mol. The van der Waals surface area contributed by atoms with E-state index < -0.39 is 0 Å². The van der Waals surface area contributed by atoms with Crippen LogP contribution in [0.15, 0.2) is 30.3 Å². The van der Waals surface area contributed by atoms with Gasteiger partial charge in [0.2, 0.25) is 11.8 Å². The number of benzene rings is 1. The maximum Gasteiger partial charge on any atom is 0.239 e. The van der Waals surface area contributed by atoms with Gasteiger partial charge in [0.1, 0.15) is 0 Å². The summed E-state index contributed by atoms with van der Waals surface area (Å²) in [5.41, 5.74) is 6.48. The summed E-state index contributed by atoms with van der Waals surface area (Å²) in [5.74, 6) is 1.96. The molecule has 0 radical (unpaired) electrons. The average molecular weight is 385 g/mol. The number of hydrogen-bond donors (Lipinski definition) is 2. The maximum atomic E-state index is 12.1. The molecular formula is C22H32N4O2. The van der Waals surface area contributed by atoms with Crippen molar-refractivity contribution in [1.29, 1.82) is 0 Å². The van der Waals surface area contributed by atoms with E-state index in [9.17, 15) is 9.59 Å². The van der Waals surface area contributed by atoms with Gasteiger partial charge in [-0.25, -0.2) is 0 Å². The molecule has 3 atom stereocenters. The van der Waals surface area contributed by atoms with E-state index in [1.165, 1.54) is 31.4 Å². The number of hydrazine groups is 1. The molecule has 2 aliphatic carbocycles. The van der Waals surface area contributed by atoms with Crippen LogP contribution in [-0.2, 0) is 9.59 Å². The first kappa shape index (κ1) is 19.2. The minimum atomic E-state index is -0.105. The quantitative estimate of drug-likeness (QED) is 0.738. The first-order valence-electron chi connectivity index (χ1n) is 10.8. The van der Waals surface area contributed by atoms with E-state index in [1.807, 2.05) is 6.07 Å². The molecule has 6 heteroatoms. The maximum absolute atomic E-state index is 12.1. The Morgan fingerprint density at radius 1 is 0.929 bits per heavy atom. The summed E-state index contributed by atoms with van der Waals surface area (Å²) >= 11 is 0. The lowest BCUT2D eigenvalue weighted by Gasteiger charge is -2.36. The third kappa shape index (κ3) is 4.85. The zero-order chi connectivity index (χ0) is 19.3. The molecule has 2 amide bonds. The minimum Gasteiger partial charge on any atom is -0.369 e. The molecule has 4 rings (SSSR count). The summed E-state index contributed by atoms with van der Waals surface area (Å²) in [7, 11) is 0. The van der Waals surface area contributed by atoms with Gasteiger partial charge in [0.25, 0.3) is 0 Å². The lowest BCUT2D eigenvalue weighted by atomic mass is 9.86. The smallest absolute Gasteiger partial charge is 0.239 e. The number of rotatable bonds is 6. The summed E-state index contributed by atoms with van der Waals surface area (Å²) in [6.45, 7) is 4.60. The summed E-state index contributed by atoms with van der Waals surface area (Å²) < 4.78 is 0. The highest BCUT2D eigenvalue weighted by molar-refractivity contribution is 5.82. The van der Waals surface area contributed by atoms with Crippen LogP contribution in [0, 0.1) is 17.8 Å². The fourth-order valence-corrected chi connectivity index (χ4v) is 5.25. The van der Waals surface area contributed by atoms with Crippen molar-refractivity contribution in [3.8, 4) is 0 Å². The second kappa shape index (κ2) is 8.95. The van der Waals surface area contributed by atoms with Crippen molar-refractivity contribution in [1.82, 2.24) is 15.8 Å². The Balaban J connectivity index is 1.09. The van der Waals surface area contributed by atoms with Crippen molar-refractivity contribution < 1.29 is 9.59 Å². The van der Waals surface area contributed by atoms with E-state index in [-0.39, 0.29) is 11.8 Å². The fraction of sp³-hybridized carbons (Fsp3) is 0.636. The van der Waals surface area contributed by atoms with Gasteiger partial charge in [-0.2, -0.15) is 0 Å². The standard InChI is InChI=1S/C22H32N4O2/c27-21(23-24-22(28)16-19-15-17-6-7-18(19)14-17)8-9-25-10-12-26(13-11-25)20-4-2-1-3-5-20/h1-5,17-19H,6-16H2,(H,23,27)(H,24,28). The second-order valence-corrected chi connectivity index (χ2v) is 8.65. The lowest BCUT2D eigenvalue weighted by molar-refractivity contribution is -0.129. The summed E-state index contributed by atoms with van der Waals surface area (Å²) in [6, 6.07) is 10.5. The predicted octanol–water partition coefficient (Wildman–Crippen LogP) is 2.17. The van der Waals surface area contributed by atoms with Crippen LogP contribution < -0.4 is 15.8 Å². The van der Waals surface area contributed by atoms with Crippen LogP contribution in [0.25, 0.3) is 0 Å². The van der Waals surface area contributed by atoms with E-state index in [0.717, 1.165) is 44.6 Å². The zero-order valence-corrected chi connectivity index (χ0v) is 16.6. The summed E-state index contributed by atoms with van der Waals surface area (Å²) in [5, 5.41) is 0. The molecule has 152 valence electrons. The lowest BCUT2D eigenvalue weighted by Crippen LogP contribution is -2.48. The number of nitrogens with one attached hydrogen (secondary N) is 2. The second-order valence-electron chi connectivity index (χ2n) is 8.65. The fourth-order valence-electron chi connectivity index (χ4n) is 5.25. The average Bonchev–Trinajstić information content (AvgIpc) is 3.35. The molecule has 0 aromatic heterocycles. The molecule has 1 saturated heterocycles. The first-order valence-corrected chi connectivity index (χ1v) is 10.8. The number of hydrogen-bond acceptors (Lipinski definition) is 4. The Bertz CT molecular complexity index is 672. The molecule has 2 bridgehead atoms. The highest BCUT2D eigenvalue weighted by Crippen LogP contribution is 2.49.